The van der Waals surface area contributed by atoms with E-state index in [0.717, 1.165) is 0 Å². The molecular weight excluding hydrogens is 219 g/mol. The lowest BCUT2D eigenvalue weighted by Gasteiger charge is -1.99. The Morgan fingerprint density at radius 1 is 1.27 bits per heavy atom. The van der Waals surface area contributed by atoms with Crippen LogP contribution in [-0.4, -0.2) is 0 Å². The van der Waals surface area contributed by atoms with Crippen LogP contribution < -0.4 is 0 Å². The fourth-order valence-corrected chi connectivity index (χ4v) is 1.45. The summed E-state index contributed by atoms with van der Waals surface area (Å²) in [5, 5.41) is 0. The molecule has 0 saturated carbocycles. The number of hydrogen-bond donors (Lipinski definition) is 0. The predicted octanol–water partition coefficient (Wildman–Crippen LogP) is 3.46. The second-order valence-electron chi connectivity index (χ2n) is 2.34. The topological polar surface area (TPSA) is 0 Å². The summed E-state index contributed by atoms with van der Waals surface area (Å²) in [5.74, 6) is 0. The molecule has 11 heavy (non-hydrogen) atoms. The van der Waals surface area contributed by atoms with Crippen molar-refractivity contribution in [2.45, 2.75) is 19.8 Å². The van der Waals surface area contributed by atoms with E-state index in [0.29, 0.717) is 0 Å². The van der Waals surface area contributed by atoms with Crippen molar-refractivity contribution in [3.05, 3.63) is 34.3 Å². The third-order valence-electron chi connectivity index (χ3n) is 1.48. The van der Waals surface area contributed by atoms with Gasteiger partial charge in [0.1, 0.15) is 0 Å². The normalized spacial score (nSPS) is 8.91. The number of halogens is 1. The SMILES string of the molecule is CCCc1ccccc1Br.P. The van der Waals surface area contributed by atoms with Crippen molar-refractivity contribution in [1.82, 2.24) is 0 Å². The molecule has 2 heteroatoms. The van der Waals surface area contributed by atoms with E-state index < -0.39 is 0 Å². The largest absolute Gasteiger partial charge is 0.153 e. The maximum Gasteiger partial charge on any atom is 0.0207 e. The Labute approximate surface area is 80.1 Å². The highest BCUT2D eigenvalue weighted by atomic mass is 79.9. The highest BCUT2D eigenvalue weighted by molar-refractivity contribution is 9.10. The molecule has 1 rings (SSSR count). The molecule has 62 valence electrons. The zero-order valence-corrected chi connectivity index (χ0v) is 9.81. The first-order valence-electron chi connectivity index (χ1n) is 3.58. The van der Waals surface area contributed by atoms with Crippen LogP contribution in [0.15, 0.2) is 28.7 Å². The van der Waals surface area contributed by atoms with E-state index in [2.05, 4.69) is 41.1 Å². The molecule has 0 heterocycles. The Bertz CT molecular complexity index is 210. The van der Waals surface area contributed by atoms with Gasteiger partial charge in [0.15, 0.2) is 0 Å². The molecule has 0 N–H and O–H groups in total. The minimum absolute atomic E-state index is 0. The second kappa shape index (κ2) is 5.74. The van der Waals surface area contributed by atoms with E-state index >= 15 is 0 Å². The van der Waals surface area contributed by atoms with Crippen LogP contribution in [0.4, 0.5) is 0 Å². The monoisotopic (exact) mass is 232 g/mol. The van der Waals surface area contributed by atoms with Crippen LogP contribution in [0.1, 0.15) is 18.9 Å². The fourth-order valence-electron chi connectivity index (χ4n) is 0.970. The van der Waals surface area contributed by atoms with Gasteiger partial charge in [0.2, 0.25) is 0 Å². The molecule has 1 aromatic carbocycles. The van der Waals surface area contributed by atoms with Crippen LogP contribution in [0.25, 0.3) is 0 Å². The standard InChI is InChI=1S/C9H11Br.H3P/c1-2-5-8-6-3-4-7-9(8)10;/h3-4,6-7H,2,5H2,1H3;1H3. The third-order valence-corrected chi connectivity index (χ3v) is 2.25. The van der Waals surface area contributed by atoms with Crippen LogP contribution in [-0.2, 0) is 6.42 Å². The lowest BCUT2D eigenvalue weighted by Crippen LogP contribution is -1.82. The van der Waals surface area contributed by atoms with E-state index in [-0.39, 0.29) is 9.90 Å². The van der Waals surface area contributed by atoms with Gasteiger partial charge in [-0.1, -0.05) is 47.5 Å². The van der Waals surface area contributed by atoms with Crippen molar-refractivity contribution in [2.24, 2.45) is 0 Å². The molecule has 0 aliphatic rings. The Kier molecular flexibility index (Phi) is 5.81. The highest BCUT2D eigenvalue weighted by Gasteiger charge is 1.94. The van der Waals surface area contributed by atoms with Crippen LogP contribution >= 0.6 is 25.8 Å². The quantitative estimate of drug-likeness (QED) is 0.686. The van der Waals surface area contributed by atoms with E-state index in [1.54, 1.807) is 0 Å². The van der Waals surface area contributed by atoms with Gasteiger partial charge in [-0.15, -0.1) is 0 Å². The van der Waals surface area contributed by atoms with Gasteiger partial charge >= 0.3 is 0 Å². The summed E-state index contributed by atoms with van der Waals surface area (Å²) in [6, 6.07) is 8.37. The smallest absolute Gasteiger partial charge is 0.0207 e. The minimum Gasteiger partial charge on any atom is -0.153 e. The van der Waals surface area contributed by atoms with E-state index in [4.69, 9.17) is 0 Å². The van der Waals surface area contributed by atoms with Gasteiger partial charge in [-0.2, -0.15) is 9.90 Å². The maximum absolute atomic E-state index is 3.50. The molecule has 0 bridgehead atoms. The average Bonchev–Trinajstić information content (AvgIpc) is 1.94. The summed E-state index contributed by atoms with van der Waals surface area (Å²) in [5.41, 5.74) is 1.41. The Hall–Kier alpha value is 0.130. The van der Waals surface area contributed by atoms with Gasteiger partial charge in [-0.3, -0.25) is 0 Å². The van der Waals surface area contributed by atoms with Crippen molar-refractivity contribution in [3.63, 3.8) is 0 Å². The van der Waals surface area contributed by atoms with Crippen molar-refractivity contribution in [2.75, 3.05) is 0 Å². The van der Waals surface area contributed by atoms with Crippen molar-refractivity contribution in [1.29, 1.82) is 0 Å². The van der Waals surface area contributed by atoms with Crippen molar-refractivity contribution in [3.8, 4) is 0 Å². The molecule has 0 nitrogen and oxygen atoms in total. The van der Waals surface area contributed by atoms with Crippen molar-refractivity contribution < 1.29 is 0 Å². The summed E-state index contributed by atoms with van der Waals surface area (Å²) < 4.78 is 1.23. The van der Waals surface area contributed by atoms with Gasteiger partial charge in [0.05, 0.1) is 0 Å². The van der Waals surface area contributed by atoms with E-state index in [1.165, 1.54) is 22.9 Å². The predicted molar refractivity (Wildman–Crippen MR) is 59.2 cm³/mol. The molecule has 0 aliphatic carbocycles. The molecule has 0 saturated heterocycles. The molecule has 0 aromatic heterocycles. The lowest BCUT2D eigenvalue weighted by molar-refractivity contribution is 0.917. The minimum atomic E-state index is 0. The summed E-state index contributed by atoms with van der Waals surface area (Å²) in [6.45, 7) is 2.19. The lowest BCUT2D eigenvalue weighted by atomic mass is 10.1. The van der Waals surface area contributed by atoms with E-state index in [1.807, 2.05) is 6.07 Å². The first-order valence-corrected chi connectivity index (χ1v) is 4.37. The van der Waals surface area contributed by atoms with Gasteiger partial charge in [0.25, 0.3) is 0 Å². The van der Waals surface area contributed by atoms with Crippen LogP contribution in [0, 0.1) is 0 Å². The van der Waals surface area contributed by atoms with Crippen LogP contribution in [0.3, 0.4) is 0 Å². The molecule has 0 fully saturated rings. The summed E-state index contributed by atoms with van der Waals surface area (Å²) in [6.07, 6.45) is 2.38. The van der Waals surface area contributed by atoms with E-state index in [9.17, 15) is 0 Å². The molecular formula is C9H14BrP. The molecule has 1 atom stereocenters. The van der Waals surface area contributed by atoms with Gasteiger partial charge in [0, 0.05) is 4.47 Å². The van der Waals surface area contributed by atoms with Crippen molar-refractivity contribution >= 4 is 25.8 Å². The summed E-state index contributed by atoms with van der Waals surface area (Å²) in [4.78, 5) is 0. The van der Waals surface area contributed by atoms with Gasteiger partial charge in [-0.25, -0.2) is 0 Å². The zero-order chi connectivity index (χ0) is 7.40. The molecule has 0 radical (unpaired) electrons. The van der Waals surface area contributed by atoms with Crippen LogP contribution in [0.2, 0.25) is 0 Å². The highest BCUT2D eigenvalue weighted by Crippen LogP contribution is 2.16. The number of benzene rings is 1. The number of rotatable bonds is 2. The zero-order valence-electron chi connectivity index (χ0n) is 6.81. The molecule has 1 aromatic rings. The molecule has 1 unspecified atom stereocenters. The number of aryl methyl sites for hydroxylation is 1. The number of hydrogen-bond acceptors (Lipinski definition) is 0. The van der Waals surface area contributed by atoms with Crippen LogP contribution in [0.5, 0.6) is 0 Å². The Morgan fingerprint density at radius 3 is 2.45 bits per heavy atom. The fraction of sp³-hybridized carbons (Fsp3) is 0.333. The average molecular weight is 233 g/mol. The van der Waals surface area contributed by atoms with Gasteiger partial charge < -0.3 is 0 Å². The Balaban J connectivity index is 0.000001000. The third kappa shape index (κ3) is 3.35. The summed E-state index contributed by atoms with van der Waals surface area (Å²) in [7, 11) is 0. The molecule has 0 spiro atoms. The summed E-state index contributed by atoms with van der Waals surface area (Å²) >= 11 is 3.50. The molecule has 0 aliphatic heterocycles. The first kappa shape index (κ1) is 11.1. The van der Waals surface area contributed by atoms with Gasteiger partial charge in [-0.05, 0) is 18.1 Å². The maximum atomic E-state index is 3.50. The molecule has 0 amide bonds. The Morgan fingerprint density at radius 2 is 1.91 bits per heavy atom. The first-order chi connectivity index (χ1) is 4.84. The second-order valence-corrected chi connectivity index (χ2v) is 3.20.